The summed E-state index contributed by atoms with van der Waals surface area (Å²) in [5.74, 6) is 1.12. The first kappa shape index (κ1) is 15.4. The van der Waals surface area contributed by atoms with E-state index < -0.39 is 4.92 Å². The van der Waals surface area contributed by atoms with E-state index >= 15 is 0 Å². The van der Waals surface area contributed by atoms with Gasteiger partial charge in [-0.05, 0) is 32.3 Å². The molecule has 0 aromatic carbocycles. The summed E-state index contributed by atoms with van der Waals surface area (Å²) >= 11 is 0. The minimum Gasteiger partial charge on any atom is -0.364 e. The zero-order chi connectivity index (χ0) is 14.6. The van der Waals surface area contributed by atoms with Gasteiger partial charge in [0.1, 0.15) is 12.0 Å². The topological polar surface area (TPSA) is 94.1 Å². The van der Waals surface area contributed by atoms with Gasteiger partial charge in [0.2, 0.25) is 0 Å². The summed E-state index contributed by atoms with van der Waals surface area (Å²) in [5.41, 5.74) is 6.18. The van der Waals surface area contributed by atoms with Gasteiger partial charge in [-0.25, -0.2) is 4.98 Å². The van der Waals surface area contributed by atoms with Crippen LogP contribution in [0.25, 0.3) is 0 Å². The first-order valence-corrected chi connectivity index (χ1v) is 6.36. The molecule has 3 N–H and O–H groups in total. The fourth-order valence-corrected chi connectivity index (χ4v) is 2.20. The van der Waals surface area contributed by atoms with Gasteiger partial charge in [-0.15, -0.1) is 0 Å². The third-order valence-electron chi connectivity index (χ3n) is 3.02. The van der Waals surface area contributed by atoms with Gasteiger partial charge >= 0.3 is 0 Å². The van der Waals surface area contributed by atoms with Crippen LogP contribution in [0.5, 0.6) is 0 Å². The summed E-state index contributed by atoms with van der Waals surface area (Å²) in [5, 5.41) is 14.0. The summed E-state index contributed by atoms with van der Waals surface area (Å²) in [6, 6.07) is 1.69. The maximum Gasteiger partial charge on any atom is 0.290 e. The predicted molar refractivity (Wildman–Crippen MR) is 76.2 cm³/mol. The highest BCUT2D eigenvalue weighted by molar-refractivity contribution is 5.48. The Morgan fingerprint density at radius 1 is 1.58 bits per heavy atom. The van der Waals surface area contributed by atoms with Crippen LogP contribution in [0.2, 0.25) is 0 Å². The van der Waals surface area contributed by atoms with Gasteiger partial charge in [-0.1, -0.05) is 13.8 Å². The first-order valence-electron chi connectivity index (χ1n) is 6.36. The van der Waals surface area contributed by atoms with Crippen molar-refractivity contribution < 1.29 is 4.92 Å². The maximum absolute atomic E-state index is 10.7. The lowest BCUT2D eigenvalue weighted by atomic mass is 9.91. The molecule has 0 spiro atoms. The molecule has 1 atom stereocenters. The fraction of sp³-hybridized carbons (Fsp3) is 0.615. The van der Waals surface area contributed by atoms with Crippen molar-refractivity contribution in [2.24, 2.45) is 11.7 Å². The first-order chi connectivity index (χ1) is 8.77. The third-order valence-corrected chi connectivity index (χ3v) is 3.02. The zero-order valence-corrected chi connectivity index (χ0v) is 11.9. The molecule has 0 saturated carbocycles. The molecular formula is C13H22N4O2. The molecule has 1 heterocycles. The number of hydrogen-bond donors (Lipinski definition) is 2. The van der Waals surface area contributed by atoms with E-state index in [0.29, 0.717) is 23.8 Å². The number of aryl methyl sites for hydroxylation is 1. The van der Waals surface area contributed by atoms with E-state index in [1.807, 2.05) is 6.92 Å². The Labute approximate surface area is 113 Å². The van der Waals surface area contributed by atoms with Crippen LogP contribution in [0.15, 0.2) is 12.3 Å². The second kappa shape index (κ2) is 5.97. The number of nitro groups is 1. The molecular weight excluding hydrogens is 244 g/mol. The van der Waals surface area contributed by atoms with Crippen LogP contribution in [0, 0.1) is 23.0 Å². The monoisotopic (exact) mass is 266 g/mol. The van der Waals surface area contributed by atoms with Crippen molar-refractivity contribution in [3.63, 3.8) is 0 Å². The second-order valence-corrected chi connectivity index (χ2v) is 5.60. The summed E-state index contributed by atoms with van der Waals surface area (Å²) in [7, 11) is 0. The van der Waals surface area contributed by atoms with Gasteiger partial charge in [0.15, 0.2) is 0 Å². The zero-order valence-electron chi connectivity index (χ0n) is 11.9. The van der Waals surface area contributed by atoms with E-state index in [1.165, 1.54) is 6.20 Å². The largest absolute Gasteiger partial charge is 0.364 e. The fourth-order valence-electron chi connectivity index (χ4n) is 2.20. The Hall–Kier alpha value is -1.69. The van der Waals surface area contributed by atoms with E-state index in [-0.39, 0.29) is 11.2 Å². The van der Waals surface area contributed by atoms with Gasteiger partial charge in [0.05, 0.1) is 4.92 Å². The molecule has 1 rings (SSSR count). The van der Waals surface area contributed by atoms with Crippen LogP contribution in [0.1, 0.15) is 32.8 Å². The standard InChI is InChI=1S/C13H22N4O2/c1-9(2)6-13(4,8-14)16-12-5-10(3)11(7-15-12)17(18)19/h5,7,9H,6,8,14H2,1-4H3,(H,15,16). The van der Waals surface area contributed by atoms with E-state index in [0.717, 1.165) is 6.42 Å². The average molecular weight is 266 g/mol. The van der Waals surface area contributed by atoms with Crippen LogP contribution in [0.4, 0.5) is 11.5 Å². The number of hydrogen-bond acceptors (Lipinski definition) is 5. The molecule has 1 unspecified atom stereocenters. The van der Waals surface area contributed by atoms with Crippen LogP contribution < -0.4 is 11.1 Å². The molecule has 6 nitrogen and oxygen atoms in total. The Kier molecular flexibility index (Phi) is 4.83. The number of aromatic nitrogens is 1. The number of nitrogens with zero attached hydrogens (tertiary/aromatic N) is 2. The minimum absolute atomic E-state index is 0.0314. The smallest absolute Gasteiger partial charge is 0.290 e. The Morgan fingerprint density at radius 2 is 2.21 bits per heavy atom. The van der Waals surface area contributed by atoms with Crippen LogP contribution in [-0.2, 0) is 0 Å². The minimum atomic E-state index is -0.428. The van der Waals surface area contributed by atoms with Crippen LogP contribution in [-0.4, -0.2) is 22.0 Å². The molecule has 0 aliphatic heterocycles. The maximum atomic E-state index is 10.7. The average Bonchev–Trinajstić information content (AvgIpc) is 2.27. The van der Waals surface area contributed by atoms with Crippen molar-refractivity contribution in [1.29, 1.82) is 0 Å². The molecule has 0 fully saturated rings. The van der Waals surface area contributed by atoms with Crippen LogP contribution >= 0.6 is 0 Å². The van der Waals surface area contributed by atoms with Crippen LogP contribution in [0.3, 0.4) is 0 Å². The molecule has 0 amide bonds. The number of rotatable bonds is 6. The summed E-state index contributed by atoms with van der Waals surface area (Å²) < 4.78 is 0. The Balaban J connectivity index is 2.92. The molecule has 0 bridgehead atoms. The highest BCUT2D eigenvalue weighted by Crippen LogP contribution is 2.24. The lowest BCUT2D eigenvalue weighted by molar-refractivity contribution is -0.385. The Bertz CT molecular complexity index is 462. The molecule has 0 aliphatic carbocycles. The second-order valence-electron chi connectivity index (χ2n) is 5.60. The van der Waals surface area contributed by atoms with E-state index in [1.54, 1.807) is 13.0 Å². The number of nitrogens with two attached hydrogens (primary N) is 1. The summed E-state index contributed by atoms with van der Waals surface area (Å²) in [4.78, 5) is 14.4. The van der Waals surface area contributed by atoms with Crippen molar-refractivity contribution in [2.45, 2.75) is 39.7 Å². The van der Waals surface area contributed by atoms with Crippen molar-refractivity contribution in [1.82, 2.24) is 4.98 Å². The van der Waals surface area contributed by atoms with Crippen molar-refractivity contribution in [2.75, 3.05) is 11.9 Å². The summed E-state index contributed by atoms with van der Waals surface area (Å²) in [6.07, 6.45) is 2.19. The van der Waals surface area contributed by atoms with E-state index in [2.05, 4.69) is 24.1 Å². The van der Waals surface area contributed by atoms with E-state index in [4.69, 9.17) is 5.73 Å². The molecule has 1 aromatic rings. The van der Waals surface area contributed by atoms with Gasteiger partial charge in [-0.2, -0.15) is 0 Å². The molecule has 0 saturated heterocycles. The number of nitrogens with one attached hydrogen (secondary N) is 1. The van der Waals surface area contributed by atoms with Gasteiger partial charge in [0.25, 0.3) is 5.69 Å². The van der Waals surface area contributed by atoms with Gasteiger partial charge < -0.3 is 11.1 Å². The van der Waals surface area contributed by atoms with Crippen molar-refractivity contribution >= 4 is 11.5 Å². The molecule has 1 aromatic heterocycles. The lowest BCUT2D eigenvalue weighted by Gasteiger charge is -2.31. The van der Waals surface area contributed by atoms with Crippen molar-refractivity contribution in [3.05, 3.63) is 27.9 Å². The number of pyridine rings is 1. The highest BCUT2D eigenvalue weighted by atomic mass is 16.6. The SMILES string of the molecule is Cc1cc(NC(C)(CN)CC(C)C)ncc1[N+](=O)[O-]. The summed E-state index contributed by atoms with van der Waals surface area (Å²) in [6.45, 7) is 8.47. The van der Waals surface area contributed by atoms with Crippen molar-refractivity contribution in [3.8, 4) is 0 Å². The van der Waals surface area contributed by atoms with Gasteiger partial charge in [-0.3, -0.25) is 10.1 Å². The van der Waals surface area contributed by atoms with E-state index in [9.17, 15) is 10.1 Å². The lowest BCUT2D eigenvalue weighted by Crippen LogP contribution is -2.43. The van der Waals surface area contributed by atoms with Gasteiger partial charge in [0, 0.05) is 17.6 Å². The number of anilines is 1. The quantitative estimate of drug-likeness (QED) is 0.609. The normalized spacial score (nSPS) is 14.2. The third kappa shape index (κ3) is 4.17. The molecule has 0 radical (unpaired) electrons. The molecule has 106 valence electrons. The molecule has 19 heavy (non-hydrogen) atoms. The predicted octanol–water partition coefficient (Wildman–Crippen LogP) is 2.47. The Morgan fingerprint density at radius 3 is 2.63 bits per heavy atom. The molecule has 0 aliphatic rings. The highest BCUT2D eigenvalue weighted by Gasteiger charge is 2.24. The molecule has 6 heteroatoms.